The zero-order valence-electron chi connectivity index (χ0n) is 24.9. The first-order valence-electron chi connectivity index (χ1n) is 14.4. The van der Waals surface area contributed by atoms with E-state index in [1.807, 2.05) is 24.3 Å². The van der Waals surface area contributed by atoms with E-state index in [0.29, 0.717) is 60.7 Å². The van der Waals surface area contributed by atoms with E-state index in [0.717, 1.165) is 11.1 Å². The van der Waals surface area contributed by atoms with Crippen molar-refractivity contribution in [3.63, 3.8) is 0 Å². The number of aromatic nitrogens is 2. The highest BCUT2D eigenvalue weighted by Crippen LogP contribution is 2.34. The van der Waals surface area contributed by atoms with E-state index in [-0.39, 0.29) is 31.4 Å². The van der Waals surface area contributed by atoms with Crippen molar-refractivity contribution >= 4 is 17.6 Å². The number of ether oxygens (including phenoxy) is 4. The Balaban J connectivity index is 1.11. The van der Waals surface area contributed by atoms with Gasteiger partial charge < -0.3 is 33.6 Å². The number of anilines is 1. The first kappa shape index (κ1) is 29.7. The average molecular weight is 614 g/mol. The number of carbonyl (C=O) groups is 2. The Kier molecular flexibility index (Phi) is 8.63. The molecule has 6 rings (SSSR count). The van der Waals surface area contributed by atoms with Gasteiger partial charge in [-0.25, -0.2) is 4.39 Å². The van der Waals surface area contributed by atoms with Crippen molar-refractivity contribution in [2.45, 2.75) is 6.54 Å². The highest BCUT2D eigenvalue weighted by molar-refractivity contribution is 5.96. The number of methoxy groups -OCH3 is 2. The molecule has 2 aliphatic rings. The molecule has 0 unspecified atom stereocenters. The smallest absolute Gasteiger partial charge is 0.257 e. The van der Waals surface area contributed by atoms with Crippen LogP contribution in [-0.2, 0) is 11.3 Å². The van der Waals surface area contributed by atoms with Gasteiger partial charge in [0.05, 0.1) is 25.5 Å². The van der Waals surface area contributed by atoms with Gasteiger partial charge in [-0.1, -0.05) is 18.2 Å². The molecule has 232 valence electrons. The Morgan fingerprint density at radius 2 is 1.69 bits per heavy atom. The molecule has 0 N–H and O–H groups in total. The highest BCUT2D eigenvalue weighted by Gasteiger charge is 2.28. The molecule has 4 aromatic rings. The Bertz CT molecular complexity index is 1690. The molecular formula is C33H32FN5O6. The second-order valence-corrected chi connectivity index (χ2v) is 10.5. The van der Waals surface area contributed by atoms with E-state index in [2.05, 4.69) is 15.1 Å². The van der Waals surface area contributed by atoms with Crippen LogP contribution in [0.3, 0.4) is 0 Å². The molecule has 1 aromatic heterocycles. The van der Waals surface area contributed by atoms with Gasteiger partial charge in [0, 0.05) is 44.4 Å². The Morgan fingerprint density at radius 1 is 0.889 bits per heavy atom. The minimum Gasteiger partial charge on any atom is -0.497 e. The van der Waals surface area contributed by atoms with Gasteiger partial charge in [0.1, 0.15) is 23.9 Å². The molecule has 1 fully saturated rings. The standard InChI is InChI=1S/C33H32FN5O6/c1-42-23-8-9-25(29(18-23)43-2)27-10-12-31(36-35-27)37-13-15-38(16-14-37)32(40)20-39(33(41)24-5-3-4-6-26(24)34)19-22-7-11-28-30(17-22)45-21-44-28/h3-12,17-18H,13-16,19-21H2,1-2H3. The fraction of sp³-hybridized carbons (Fsp3) is 0.273. The predicted molar refractivity (Wildman–Crippen MR) is 163 cm³/mol. The van der Waals surface area contributed by atoms with Crippen LogP contribution in [0.2, 0.25) is 0 Å². The highest BCUT2D eigenvalue weighted by atomic mass is 19.1. The summed E-state index contributed by atoms with van der Waals surface area (Å²) in [6.07, 6.45) is 0. The third-order valence-corrected chi connectivity index (χ3v) is 7.82. The van der Waals surface area contributed by atoms with Crippen molar-refractivity contribution in [1.29, 1.82) is 0 Å². The fourth-order valence-electron chi connectivity index (χ4n) is 5.36. The van der Waals surface area contributed by atoms with Crippen LogP contribution < -0.4 is 23.8 Å². The fourth-order valence-corrected chi connectivity index (χ4v) is 5.36. The van der Waals surface area contributed by atoms with Gasteiger partial charge in [-0.15, -0.1) is 10.2 Å². The number of hydrogen-bond donors (Lipinski definition) is 0. The molecule has 0 spiro atoms. The molecule has 0 saturated carbocycles. The van der Waals surface area contributed by atoms with Gasteiger partial charge in [-0.05, 0) is 54.1 Å². The summed E-state index contributed by atoms with van der Waals surface area (Å²) >= 11 is 0. The molecule has 11 nitrogen and oxygen atoms in total. The summed E-state index contributed by atoms with van der Waals surface area (Å²) in [5.74, 6) is 1.74. The van der Waals surface area contributed by atoms with Gasteiger partial charge >= 0.3 is 0 Å². The minimum atomic E-state index is -0.642. The van der Waals surface area contributed by atoms with Crippen LogP contribution in [0.5, 0.6) is 23.0 Å². The number of hydrogen-bond acceptors (Lipinski definition) is 9. The number of carbonyl (C=O) groups excluding carboxylic acids is 2. The van der Waals surface area contributed by atoms with E-state index in [4.69, 9.17) is 18.9 Å². The van der Waals surface area contributed by atoms with Crippen LogP contribution in [0.4, 0.5) is 10.2 Å². The largest absolute Gasteiger partial charge is 0.497 e. The molecule has 0 atom stereocenters. The lowest BCUT2D eigenvalue weighted by molar-refractivity contribution is -0.132. The zero-order chi connectivity index (χ0) is 31.3. The average Bonchev–Trinajstić information content (AvgIpc) is 3.56. The maximum atomic E-state index is 14.6. The third kappa shape index (κ3) is 6.44. The van der Waals surface area contributed by atoms with Gasteiger partial charge in [-0.3, -0.25) is 9.59 Å². The van der Waals surface area contributed by atoms with Crippen molar-refractivity contribution in [3.05, 3.63) is 89.7 Å². The van der Waals surface area contributed by atoms with Gasteiger partial charge in [-0.2, -0.15) is 0 Å². The number of fused-ring (bicyclic) bond motifs is 1. The van der Waals surface area contributed by atoms with Crippen LogP contribution in [0.25, 0.3) is 11.3 Å². The maximum absolute atomic E-state index is 14.6. The van der Waals surface area contributed by atoms with Crippen molar-refractivity contribution in [2.75, 3.05) is 58.6 Å². The number of benzene rings is 3. The summed E-state index contributed by atoms with van der Waals surface area (Å²) in [5, 5.41) is 8.84. The molecule has 1 saturated heterocycles. The predicted octanol–water partition coefficient (Wildman–Crippen LogP) is 4.02. The molecule has 0 radical (unpaired) electrons. The molecule has 3 aromatic carbocycles. The monoisotopic (exact) mass is 613 g/mol. The second-order valence-electron chi connectivity index (χ2n) is 10.5. The zero-order valence-corrected chi connectivity index (χ0v) is 24.9. The quantitative estimate of drug-likeness (QED) is 0.277. The molecule has 3 heterocycles. The normalized spacial score (nSPS) is 13.8. The number of rotatable bonds is 9. The lowest BCUT2D eigenvalue weighted by Crippen LogP contribution is -2.52. The van der Waals surface area contributed by atoms with Gasteiger partial charge in [0.2, 0.25) is 12.7 Å². The summed E-state index contributed by atoms with van der Waals surface area (Å²) in [4.78, 5) is 32.1. The van der Waals surface area contributed by atoms with E-state index >= 15 is 0 Å². The molecule has 45 heavy (non-hydrogen) atoms. The minimum absolute atomic E-state index is 0.0925. The molecule has 12 heteroatoms. The molecular weight excluding hydrogens is 581 g/mol. The number of halogens is 1. The number of nitrogens with zero attached hydrogens (tertiary/aromatic N) is 5. The van der Waals surface area contributed by atoms with Gasteiger partial charge in [0.15, 0.2) is 17.3 Å². The summed E-state index contributed by atoms with van der Waals surface area (Å²) in [6, 6.07) is 20.4. The van der Waals surface area contributed by atoms with Crippen LogP contribution in [0.15, 0.2) is 72.8 Å². The summed E-state index contributed by atoms with van der Waals surface area (Å²) in [5.41, 5.74) is 2.10. The molecule has 2 aliphatic heterocycles. The second kappa shape index (κ2) is 13.1. The van der Waals surface area contributed by atoms with Crippen molar-refractivity contribution < 1.29 is 32.9 Å². The van der Waals surface area contributed by atoms with Crippen molar-refractivity contribution in [2.24, 2.45) is 0 Å². The maximum Gasteiger partial charge on any atom is 0.257 e. The van der Waals surface area contributed by atoms with Crippen LogP contribution in [0.1, 0.15) is 15.9 Å². The van der Waals surface area contributed by atoms with Crippen LogP contribution in [0, 0.1) is 5.82 Å². The lowest BCUT2D eigenvalue weighted by atomic mass is 10.1. The van der Waals surface area contributed by atoms with Crippen LogP contribution in [-0.4, -0.2) is 85.5 Å². The summed E-state index contributed by atoms with van der Waals surface area (Å²) < 4.78 is 36.2. The molecule has 2 amide bonds. The number of amides is 2. The third-order valence-electron chi connectivity index (χ3n) is 7.82. The van der Waals surface area contributed by atoms with Gasteiger partial charge in [0.25, 0.3) is 5.91 Å². The Hall–Kier alpha value is -5.39. The van der Waals surface area contributed by atoms with E-state index in [1.54, 1.807) is 49.5 Å². The Morgan fingerprint density at radius 3 is 2.42 bits per heavy atom. The lowest BCUT2D eigenvalue weighted by Gasteiger charge is -2.36. The number of piperazine rings is 1. The molecule has 0 bridgehead atoms. The first-order valence-corrected chi connectivity index (χ1v) is 14.4. The van der Waals surface area contributed by atoms with E-state index < -0.39 is 11.7 Å². The summed E-state index contributed by atoms with van der Waals surface area (Å²) in [6.45, 7) is 1.94. The topological polar surface area (TPSA) is 107 Å². The van der Waals surface area contributed by atoms with E-state index in [1.165, 1.54) is 23.1 Å². The summed E-state index contributed by atoms with van der Waals surface area (Å²) in [7, 11) is 3.19. The molecule has 0 aliphatic carbocycles. The Labute approximate surface area is 259 Å². The van der Waals surface area contributed by atoms with Crippen LogP contribution >= 0.6 is 0 Å². The van der Waals surface area contributed by atoms with Crippen molar-refractivity contribution in [1.82, 2.24) is 20.0 Å². The first-order chi connectivity index (χ1) is 21.9. The van der Waals surface area contributed by atoms with E-state index in [9.17, 15) is 14.0 Å². The van der Waals surface area contributed by atoms with Crippen molar-refractivity contribution in [3.8, 4) is 34.3 Å². The SMILES string of the molecule is COc1ccc(-c2ccc(N3CCN(C(=O)CN(Cc4ccc5c(c4)OCO5)C(=O)c4ccccc4F)CC3)nn2)c(OC)c1.